The van der Waals surface area contributed by atoms with Crippen LogP contribution in [0.2, 0.25) is 0 Å². The normalized spacial score (nSPS) is 20.1. The van der Waals surface area contributed by atoms with E-state index in [0.29, 0.717) is 30.5 Å². The van der Waals surface area contributed by atoms with Crippen molar-refractivity contribution in [3.63, 3.8) is 0 Å². The van der Waals surface area contributed by atoms with E-state index in [2.05, 4.69) is 0 Å². The fourth-order valence-electron chi connectivity index (χ4n) is 3.40. The monoisotopic (exact) mass is 305 g/mol. The molecule has 0 aliphatic heterocycles. The van der Waals surface area contributed by atoms with Gasteiger partial charge in [-0.25, -0.2) is 4.39 Å². The number of nitrogens with zero attached hydrogens (tertiary/aromatic N) is 1. The number of hydrogen-bond donors (Lipinski definition) is 1. The van der Waals surface area contributed by atoms with Crippen molar-refractivity contribution in [2.45, 2.75) is 57.1 Å². The van der Waals surface area contributed by atoms with E-state index in [1.165, 1.54) is 25.0 Å². The fraction of sp³-hybridized carbons (Fsp3) is 0.611. The molecule has 1 N–H and O–H groups in total. The van der Waals surface area contributed by atoms with Crippen LogP contribution in [0.25, 0.3) is 0 Å². The molecule has 120 valence electrons. The predicted molar refractivity (Wildman–Crippen MR) is 82.7 cm³/mol. The van der Waals surface area contributed by atoms with Crippen LogP contribution in [0.4, 0.5) is 4.39 Å². The van der Waals surface area contributed by atoms with Crippen molar-refractivity contribution in [2.24, 2.45) is 5.92 Å². The fourth-order valence-corrected chi connectivity index (χ4v) is 3.40. The Morgan fingerprint density at radius 1 is 1.18 bits per heavy atom. The van der Waals surface area contributed by atoms with Gasteiger partial charge in [-0.2, -0.15) is 0 Å². The highest BCUT2D eigenvalue weighted by molar-refractivity contribution is 5.77. The third-order valence-corrected chi connectivity index (χ3v) is 4.87. The van der Waals surface area contributed by atoms with Crippen molar-refractivity contribution in [1.29, 1.82) is 0 Å². The summed E-state index contributed by atoms with van der Waals surface area (Å²) in [7, 11) is 0. The molecule has 1 amide bonds. The summed E-state index contributed by atoms with van der Waals surface area (Å²) in [5.41, 5.74) is 0.667. The lowest BCUT2D eigenvalue weighted by Gasteiger charge is -2.26. The molecule has 2 aliphatic carbocycles. The van der Waals surface area contributed by atoms with Gasteiger partial charge in [0.2, 0.25) is 5.91 Å². The summed E-state index contributed by atoms with van der Waals surface area (Å²) in [6.07, 6.45) is 6.73. The number of halogens is 1. The number of carbonyl (C=O) groups excluding carboxylic acids is 1. The van der Waals surface area contributed by atoms with E-state index in [4.69, 9.17) is 0 Å². The highest BCUT2D eigenvalue weighted by Crippen LogP contribution is 2.33. The van der Waals surface area contributed by atoms with Crippen molar-refractivity contribution >= 4 is 5.91 Å². The van der Waals surface area contributed by atoms with Gasteiger partial charge in [-0.3, -0.25) is 4.79 Å². The number of aliphatic hydroxyl groups excluding tert-OH is 1. The maximum atomic E-state index is 13.0. The van der Waals surface area contributed by atoms with Gasteiger partial charge in [0.25, 0.3) is 0 Å². The summed E-state index contributed by atoms with van der Waals surface area (Å²) >= 11 is 0. The summed E-state index contributed by atoms with van der Waals surface area (Å²) in [4.78, 5) is 14.4. The minimum Gasteiger partial charge on any atom is -0.387 e. The van der Waals surface area contributed by atoms with Crippen molar-refractivity contribution in [3.05, 3.63) is 35.6 Å². The van der Waals surface area contributed by atoms with Gasteiger partial charge in [0, 0.05) is 12.5 Å². The molecule has 2 aliphatic rings. The summed E-state index contributed by atoms with van der Waals surface area (Å²) in [6.45, 7) is 0.321. The molecule has 4 heteroatoms. The highest BCUT2D eigenvalue weighted by atomic mass is 19.1. The molecule has 0 bridgehead atoms. The van der Waals surface area contributed by atoms with Crippen LogP contribution in [0, 0.1) is 11.7 Å². The van der Waals surface area contributed by atoms with Gasteiger partial charge in [-0.1, -0.05) is 25.0 Å². The molecule has 2 saturated carbocycles. The summed E-state index contributed by atoms with van der Waals surface area (Å²) < 4.78 is 13.0. The van der Waals surface area contributed by atoms with E-state index in [-0.39, 0.29) is 11.7 Å². The SMILES string of the molecule is O=C(CC1CCCC1)N(CC(O)c1ccc(F)cc1)C1CC1. The molecule has 0 spiro atoms. The van der Waals surface area contributed by atoms with Crippen molar-refractivity contribution in [3.8, 4) is 0 Å². The Morgan fingerprint density at radius 3 is 2.41 bits per heavy atom. The first-order valence-electron chi connectivity index (χ1n) is 8.36. The van der Waals surface area contributed by atoms with Crippen LogP contribution >= 0.6 is 0 Å². The lowest BCUT2D eigenvalue weighted by molar-refractivity contribution is -0.134. The quantitative estimate of drug-likeness (QED) is 0.874. The number of rotatable bonds is 6. The standard InChI is InChI=1S/C18H24FNO2/c19-15-7-5-14(6-8-15)17(21)12-20(16-9-10-16)18(22)11-13-3-1-2-4-13/h5-8,13,16-17,21H,1-4,9-12H2. The molecule has 1 aromatic rings. The molecule has 22 heavy (non-hydrogen) atoms. The van der Waals surface area contributed by atoms with Crippen molar-refractivity contribution in [1.82, 2.24) is 4.90 Å². The van der Waals surface area contributed by atoms with E-state index < -0.39 is 6.10 Å². The smallest absolute Gasteiger partial charge is 0.223 e. The molecule has 1 unspecified atom stereocenters. The molecular weight excluding hydrogens is 281 g/mol. The van der Waals surface area contributed by atoms with Crippen LogP contribution in [0.3, 0.4) is 0 Å². The minimum atomic E-state index is -0.742. The van der Waals surface area contributed by atoms with E-state index >= 15 is 0 Å². The number of carbonyl (C=O) groups is 1. The molecule has 1 aromatic carbocycles. The Hall–Kier alpha value is -1.42. The largest absolute Gasteiger partial charge is 0.387 e. The Balaban J connectivity index is 1.61. The zero-order valence-electron chi connectivity index (χ0n) is 12.9. The maximum Gasteiger partial charge on any atom is 0.223 e. The number of hydrogen-bond acceptors (Lipinski definition) is 2. The lowest BCUT2D eigenvalue weighted by Crippen LogP contribution is -2.37. The molecule has 0 heterocycles. The average Bonchev–Trinajstić information content (AvgIpc) is 3.22. The Bertz CT molecular complexity index is 506. The molecule has 0 saturated heterocycles. The Labute approximate surface area is 131 Å². The maximum absolute atomic E-state index is 13.0. The highest BCUT2D eigenvalue weighted by Gasteiger charge is 2.35. The first kappa shape index (κ1) is 15.5. The topological polar surface area (TPSA) is 40.5 Å². The van der Waals surface area contributed by atoms with E-state index in [9.17, 15) is 14.3 Å². The van der Waals surface area contributed by atoms with Gasteiger partial charge >= 0.3 is 0 Å². The van der Waals surface area contributed by atoms with Gasteiger partial charge < -0.3 is 10.0 Å². The second-order valence-electron chi connectivity index (χ2n) is 6.70. The van der Waals surface area contributed by atoms with Gasteiger partial charge in [0.15, 0.2) is 0 Å². The van der Waals surface area contributed by atoms with Gasteiger partial charge in [-0.05, 0) is 49.3 Å². The van der Waals surface area contributed by atoms with Crippen molar-refractivity contribution < 1.29 is 14.3 Å². The van der Waals surface area contributed by atoms with Crippen LogP contribution < -0.4 is 0 Å². The second kappa shape index (κ2) is 6.78. The number of aliphatic hydroxyl groups is 1. The molecular formula is C18H24FNO2. The zero-order valence-corrected chi connectivity index (χ0v) is 12.9. The first-order chi connectivity index (χ1) is 10.6. The minimum absolute atomic E-state index is 0.176. The van der Waals surface area contributed by atoms with Gasteiger partial charge in [-0.15, -0.1) is 0 Å². The predicted octanol–water partition coefficient (Wildman–Crippen LogP) is 3.43. The molecule has 3 nitrogen and oxygen atoms in total. The third kappa shape index (κ3) is 3.86. The molecule has 0 aromatic heterocycles. The summed E-state index contributed by atoms with van der Waals surface area (Å²) in [5, 5.41) is 10.4. The molecule has 1 atom stereocenters. The summed E-state index contributed by atoms with van der Waals surface area (Å²) in [6, 6.07) is 6.17. The van der Waals surface area contributed by atoms with Crippen molar-refractivity contribution in [2.75, 3.05) is 6.54 Å². The average molecular weight is 305 g/mol. The Kier molecular flexibility index (Phi) is 4.77. The van der Waals surface area contributed by atoms with E-state index in [1.54, 1.807) is 12.1 Å². The van der Waals surface area contributed by atoms with E-state index in [0.717, 1.165) is 25.7 Å². The molecule has 2 fully saturated rings. The van der Waals surface area contributed by atoms with E-state index in [1.807, 2.05) is 4.90 Å². The van der Waals surface area contributed by atoms with Crippen LogP contribution in [-0.4, -0.2) is 28.5 Å². The second-order valence-corrected chi connectivity index (χ2v) is 6.70. The summed E-state index contributed by atoms with van der Waals surface area (Å²) in [5.74, 6) is 0.389. The van der Waals surface area contributed by atoms with Crippen LogP contribution in [0.15, 0.2) is 24.3 Å². The van der Waals surface area contributed by atoms with Crippen LogP contribution in [0.1, 0.15) is 56.6 Å². The molecule has 3 rings (SSSR count). The van der Waals surface area contributed by atoms with Gasteiger partial charge in [0.05, 0.1) is 12.6 Å². The van der Waals surface area contributed by atoms with Gasteiger partial charge in [0.1, 0.15) is 5.82 Å². The van der Waals surface area contributed by atoms with Crippen LogP contribution in [-0.2, 0) is 4.79 Å². The van der Waals surface area contributed by atoms with Crippen LogP contribution in [0.5, 0.6) is 0 Å². The number of benzene rings is 1. The first-order valence-corrected chi connectivity index (χ1v) is 8.36. The third-order valence-electron chi connectivity index (χ3n) is 4.87. The molecule has 0 radical (unpaired) electrons. The zero-order chi connectivity index (χ0) is 15.5. The Morgan fingerprint density at radius 2 is 1.82 bits per heavy atom. The lowest BCUT2D eigenvalue weighted by atomic mass is 10.0. The number of amides is 1.